The maximum Gasteiger partial charge on any atom is 0.423 e. The Balaban J connectivity index is 1.71. The van der Waals surface area contributed by atoms with Crippen LogP contribution in [0.5, 0.6) is 0 Å². The highest BCUT2D eigenvalue weighted by Gasteiger charge is 2.55. The van der Waals surface area contributed by atoms with Gasteiger partial charge in [0.25, 0.3) is 0 Å². The van der Waals surface area contributed by atoms with Crippen molar-refractivity contribution in [2.45, 2.75) is 38.6 Å². The second-order valence-electron chi connectivity index (χ2n) is 7.84. The Labute approximate surface area is 196 Å². The molecule has 0 saturated carbocycles. The van der Waals surface area contributed by atoms with Crippen LogP contribution >= 0.6 is 0 Å². The molecule has 0 aromatic carbocycles. The van der Waals surface area contributed by atoms with Crippen molar-refractivity contribution in [1.82, 2.24) is 24.4 Å². The Bertz CT molecular complexity index is 1360. The molecule has 4 aromatic rings. The Hall–Kier alpha value is -3.80. The fourth-order valence-corrected chi connectivity index (χ4v) is 3.78. The van der Waals surface area contributed by atoms with Crippen LogP contribution < -0.4 is 0 Å². The lowest BCUT2D eigenvalue weighted by atomic mass is 9.96. The van der Waals surface area contributed by atoms with Crippen LogP contribution in [0.25, 0.3) is 16.8 Å². The molecule has 0 bridgehead atoms. The molecule has 0 amide bonds. The number of alkyl halides is 3. The van der Waals surface area contributed by atoms with E-state index in [0.717, 1.165) is 6.20 Å². The van der Waals surface area contributed by atoms with E-state index in [-0.39, 0.29) is 18.7 Å². The number of hydrogen-bond acceptors (Lipinski definition) is 6. The molecule has 1 atom stereocenters. The number of pyridine rings is 2. The summed E-state index contributed by atoms with van der Waals surface area (Å²) < 4.78 is 61.4. The van der Waals surface area contributed by atoms with Crippen molar-refractivity contribution >= 4 is 11.5 Å². The second-order valence-corrected chi connectivity index (χ2v) is 7.84. The zero-order valence-electron chi connectivity index (χ0n) is 18.8. The number of nitrogens with zero attached hydrogens (tertiary/aromatic N) is 5. The van der Waals surface area contributed by atoms with Gasteiger partial charge < -0.3 is 14.2 Å². The number of esters is 1. The highest BCUT2D eigenvalue weighted by molar-refractivity contribution is 5.99. The van der Waals surface area contributed by atoms with E-state index in [1.807, 2.05) is 0 Å². The summed E-state index contributed by atoms with van der Waals surface area (Å²) in [7, 11) is 0. The van der Waals surface area contributed by atoms with E-state index in [9.17, 15) is 27.5 Å². The Morgan fingerprint density at radius 1 is 1.17 bits per heavy atom. The Morgan fingerprint density at radius 2 is 1.94 bits per heavy atom. The van der Waals surface area contributed by atoms with Gasteiger partial charge in [0.1, 0.15) is 5.69 Å². The lowest BCUT2D eigenvalue weighted by molar-refractivity contribution is -0.269. The molecular weight excluding hydrogens is 470 g/mol. The largest absolute Gasteiger partial charge is 0.462 e. The van der Waals surface area contributed by atoms with Crippen molar-refractivity contribution in [3.8, 4) is 11.3 Å². The molecule has 0 radical (unpaired) electrons. The zero-order valence-corrected chi connectivity index (χ0v) is 18.8. The second kappa shape index (κ2) is 9.10. The van der Waals surface area contributed by atoms with Crippen molar-refractivity contribution in [2.75, 3.05) is 6.61 Å². The molecule has 1 unspecified atom stereocenters. The predicted molar refractivity (Wildman–Crippen MR) is 116 cm³/mol. The molecule has 1 N–H and O–H groups in total. The van der Waals surface area contributed by atoms with Crippen molar-refractivity contribution in [1.29, 1.82) is 0 Å². The number of fused-ring (bicyclic) bond motifs is 1. The summed E-state index contributed by atoms with van der Waals surface area (Å²) >= 11 is 0. The molecular formula is C23H21F4N5O3. The average molecular weight is 491 g/mol. The molecule has 4 heterocycles. The lowest BCUT2D eigenvalue weighted by Gasteiger charge is -2.26. The minimum atomic E-state index is -4.90. The number of ether oxygens (including phenoxy) is 1. The first kappa shape index (κ1) is 24.3. The van der Waals surface area contributed by atoms with Crippen LogP contribution in [0.1, 0.15) is 41.9 Å². The fraction of sp³-hybridized carbons (Fsp3) is 0.304. The minimum absolute atomic E-state index is 0.0640. The minimum Gasteiger partial charge on any atom is -0.462 e. The summed E-state index contributed by atoms with van der Waals surface area (Å²) in [6.45, 7) is 3.11. The summed E-state index contributed by atoms with van der Waals surface area (Å²) in [5.74, 6) is -1.23. The van der Waals surface area contributed by atoms with Crippen LogP contribution in [-0.2, 0) is 16.9 Å². The number of rotatable bonds is 7. The molecule has 4 aromatic heterocycles. The maximum absolute atomic E-state index is 13.3. The number of hydrogen-bond donors (Lipinski definition) is 1. The monoisotopic (exact) mass is 491 g/mol. The molecule has 184 valence electrons. The van der Waals surface area contributed by atoms with Crippen LogP contribution in [0.3, 0.4) is 0 Å². The van der Waals surface area contributed by atoms with Crippen molar-refractivity contribution < 1.29 is 32.2 Å². The zero-order chi connectivity index (χ0) is 25.4. The third kappa shape index (κ3) is 4.48. The molecule has 8 nitrogen and oxygen atoms in total. The molecule has 12 heteroatoms. The van der Waals surface area contributed by atoms with Gasteiger partial charge in [-0.3, -0.25) is 0 Å². The SMILES string of the molecule is CCOC(=O)c1cc2cc(Cn3cc(C(O)(CC)C(F)(F)F)nn3)ccn2c1-c1ccc(F)nc1. The van der Waals surface area contributed by atoms with Crippen molar-refractivity contribution in [3.63, 3.8) is 0 Å². The fourth-order valence-electron chi connectivity index (χ4n) is 3.78. The van der Waals surface area contributed by atoms with E-state index < -0.39 is 35.8 Å². The van der Waals surface area contributed by atoms with E-state index in [0.29, 0.717) is 22.3 Å². The summed E-state index contributed by atoms with van der Waals surface area (Å²) in [5, 5.41) is 17.4. The van der Waals surface area contributed by atoms with Gasteiger partial charge in [-0.05, 0) is 49.2 Å². The highest BCUT2D eigenvalue weighted by atomic mass is 19.4. The molecule has 0 aliphatic heterocycles. The van der Waals surface area contributed by atoms with Gasteiger partial charge in [-0.2, -0.15) is 17.6 Å². The Kier molecular flexibility index (Phi) is 6.32. The first-order valence-corrected chi connectivity index (χ1v) is 10.7. The maximum atomic E-state index is 13.3. The van der Waals surface area contributed by atoms with Gasteiger partial charge in [-0.1, -0.05) is 12.1 Å². The normalized spacial score (nSPS) is 13.7. The molecule has 0 aliphatic rings. The van der Waals surface area contributed by atoms with Gasteiger partial charge in [0.15, 0.2) is 0 Å². The van der Waals surface area contributed by atoms with Crippen LogP contribution in [0.15, 0.2) is 48.9 Å². The summed E-state index contributed by atoms with van der Waals surface area (Å²) in [5.41, 5.74) is -1.25. The molecule has 4 rings (SSSR count). The quantitative estimate of drug-likeness (QED) is 0.238. The van der Waals surface area contributed by atoms with Gasteiger partial charge in [-0.15, -0.1) is 5.10 Å². The summed E-state index contributed by atoms with van der Waals surface area (Å²) in [6, 6.07) is 7.69. The molecule has 0 fully saturated rings. The number of carbonyl (C=O) groups excluding carboxylic acids is 1. The van der Waals surface area contributed by atoms with Crippen molar-refractivity contribution in [3.05, 3.63) is 71.7 Å². The van der Waals surface area contributed by atoms with Crippen molar-refractivity contribution in [2.24, 2.45) is 0 Å². The third-order valence-corrected chi connectivity index (χ3v) is 5.62. The highest BCUT2D eigenvalue weighted by Crippen LogP contribution is 2.40. The first-order valence-electron chi connectivity index (χ1n) is 10.7. The standard InChI is InChI=1S/C23H21F4N5O3/c1-3-22(34,23(25,26)27)18-13-31(30-29-18)12-14-7-8-32-16(9-14)10-17(21(33)35-4-2)20(32)15-5-6-19(24)28-11-15/h5-11,13,34H,3-4,12H2,1-2H3. The predicted octanol–water partition coefficient (Wildman–Crippen LogP) is 4.12. The molecule has 0 spiro atoms. The molecule has 0 aliphatic carbocycles. The number of aliphatic hydroxyl groups is 1. The summed E-state index contributed by atoms with van der Waals surface area (Å²) in [4.78, 5) is 16.2. The lowest BCUT2D eigenvalue weighted by Crippen LogP contribution is -2.42. The molecule has 35 heavy (non-hydrogen) atoms. The van der Waals surface area contributed by atoms with Crippen LogP contribution in [0, 0.1) is 5.95 Å². The van der Waals surface area contributed by atoms with E-state index in [1.165, 1.54) is 29.9 Å². The van der Waals surface area contributed by atoms with E-state index >= 15 is 0 Å². The van der Waals surface area contributed by atoms with Gasteiger partial charge in [0, 0.05) is 23.5 Å². The topological polar surface area (TPSA) is 94.5 Å². The van der Waals surface area contributed by atoms with E-state index in [4.69, 9.17) is 4.74 Å². The Morgan fingerprint density at radius 3 is 2.57 bits per heavy atom. The number of carbonyl (C=O) groups is 1. The van der Waals surface area contributed by atoms with Gasteiger partial charge >= 0.3 is 12.1 Å². The molecule has 0 saturated heterocycles. The van der Waals surface area contributed by atoms with Gasteiger partial charge in [0.2, 0.25) is 11.5 Å². The average Bonchev–Trinajstić information content (AvgIpc) is 3.43. The first-order chi connectivity index (χ1) is 16.6. The van der Waals surface area contributed by atoms with Gasteiger partial charge in [-0.25, -0.2) is 14.5 Å². The number of halogens is 4. The van der Waals surface area contributed by atoms with Crippen LogP contribution in [-0.4, -0.2) is 48.2 Å². The number of aromatic nitrogens is 5. The third-order valence-electron chi connectivity index (χ3n) is 5.62. The smallest absolute Gasteiger partial charge is 0.423 e. The van der Waals surface area contributed by atoms with Crippen LogP contribution in [0.4, 0.5) is 17.6 Å². The van der Waals surface area contributed by atoms with E-state index in [2.05, 4.69) is 15.3 Å². The van der Waals surface area contributed by atoms with E-state index in [1.54, 1.807) is 35.7 Å². The summed E-state index contributed by atoms with van der Waals surface area (Å²) in [6.07, 6.45) is -1.48. The van der Waals surface area contributed by atoms with Crippen LogP contribution in [0.2, 0.25) is 0 Å². The van der Waals surface area contributed by atoms with Gasteiger partial charge in [0.05, 0.1) is 30.6 Å².